The summed E-state index contributed by atoms with van der Waals surface area (Å²) in [6, 6.07) is 10.3. The summed E-state index contributed by atoms with van der Waals surface area (Å²) < 4.78 is 5.56. The Bertz CT molecular complexity index is 199. The number of hydrogen-bond acceptors (Lipinski definition) is 1. The van der Waals surface area contributed by atoms with Crippen LogP contribution in [0.4, 0.5) is 0 Å². The SMILES string of the molecule is C[Si](C)O[Si]c1ccccc1. The minimum atomic E-state index is -0.520. The molecule has 0 aliphatic carbocycles. The Labute approximate surface area is 72.1 Å². The van der Waals surface area contributed by atoms with Crippen molar-refractivity contribution < 1.29 is 4.12 Å². The zero-order valence-corrected chi connectivity index (χ0v) is 8.79. The van der Waals surface area contributed by atoms with Crippen molar-refractivity contribution in [1.29, 1.82) is 0 Å². The van der Waals surface area contributed by atoms with Crippen LogP contribution in [0.3, 0.4) is 0 Å². The van der Waals surface area contributed by atoms with Gasteiger partial charge in [0, 0.05) is 0 Å². The van der Waals surface area contributed by atoms with Gasteiger partial charge in [0.25, 0.3) is 9.76 Å². The fourth-order valence-electron chi connectivity index (χ4n) is 0.667. The maximum Gasteiger partial charge on any atom is 0.256 e. The quantitative estimate of drug-likeness (QED) is 0.634. The predicted octanol–water partition coefficient (Wildman–Crippen LogP) is 1.20. The summed E-state index contributed by atoms with van der Waals surface area (Å²) in [4.78, 5) is 0. The van der Waals surface area contributed by atoms with Crippen LogP contribution in [0, 0.1) is 0 Å². The lowest BCUT2D eigenvalue weighted by molar-refractivity contribution is 0.635. The van der Waals surface area contributed by atoms with E-state index in [9.17, 15) is 0 Å². The minimum Gasteiger partial charge on any atom is -0.453 e. The molecule has 1 aromatic carbocycles. The van der Waals surface area contributed by atoms with Gasteiger partial charge < -0.3 is 4.12 Å². The summed E-state index contributed by atoms with van der Waals surface area (Å²) >= 11 is 0. The molecule has 57 valence electrons. The second kappa shape index (κ2) is 4.48. The van der Waals surface area contributed by atoms with Gasteiger partial charge in [0.05, 0.1) is 0 Å². The summed E-state index contributed by atoms with van der Waals surface area (Å²) in [6.07, 6.45) is 0. The molecule has 0 fully saturated rings. The maximum absolute atomic E-state index is 5.56. The number of rotatable bonds is 3. The molecule has 0 saturated heterocycles. The molecule has 3 radical (unpaired) electrons. The van der Waals surface area contributed by atoms with E-state index in [-0.39, 0.29) is 0 Å². The lowest BCUT2D eigenvalue weighted by atomic mass is 10.4. The molecule has 3 heteroatoms. The molecule has 0 N–H and O–H groups in total. The Morgan fingerprint density at radius 2 is 1.82 bits per heavy atom. The normalized spacial score (nSPS) is 10.5. The van der Waals surface area contributed by atoms with Crippen LogP contribution in [0.15, 0.2) is 30.3 Å². The van der Waals surface area contributed by atoms with E-state index in [2.05, 4.69) is 25.2 Å². The van der Waals surface area contributed by atoms with Crippen LogP contribution in [0.5, 0.6) is 0 Å². The molecule has 0 heterocycles. The molecule has 1 rings (SSSR count). The highest BCUT2D eigenvalue weighted by molar-refractivity contribution is 6.61. The monoisotopic (exact) mass is 179 g/mol. The third kappa shape index (κ3) is 3.50. The van der Waals surface area contributed by atoms with Crippen molar-refractivity contribution >= 4 is 24.0 Å². The topological polar surface area (TPSA) is 9.23 Å². The lowest BCUT2D eigenvalue weighted by Crippen LogP contribution is -2.22. The van der Waals surface area contributed by atoms with Gasteiger partial charge in [-0.1, -0.05) is 30.3 Å². The first kappa shape index (κ1) is 8.71. The molecule has 0 aromatic heterocycles. The van der Waals surface area contributed by atoms with Gasteiger partial charge in [-0.05, 0) is 18.3 Å². The first-order valence-corrected chi connectivity index (χ1v) is 6.89. The van der Waals surface area contributed by atoms with Gasteiger partial charge >= 0.3 is 0 Å². The Balaban J connectivity index is 2.39. The zero-order valence-electron chi connectivity index (χ0n) is 6.79. The maximum atomic E-state index is 5.56. The first-order chi connectivity index (χ1) is 5.29. The molecule has 0 bridgehead atoms. The Morgan fingerprint density at radius 1 is 1.18 bits per heavy atom. The molecule has 0 aliphatic heterocycles. The standard InChI is InChI=1S/C8H11OSi2/c1-11(2)9-10-8-6-4-3-5-7-8/h3-7H,1-2H3. The van der Waals surface area contributed by atoms with E-state index in [1.807, 2.05) is 18.2 Å². The van der Waals surface area contributed by atoms with Gasteiger partial charge in [0.1, 0.15) is 0 Å². The summed E-state index contributed by atoms with van der Waals surface area (Å²) in [5, 5.41) is 1.29. The van der Waals surface area contributed by atoms with Crippen molar-refractivity contribution in [2.24, 2.45) is 0 Å². The third-order valence-electron chi connectivity index (χ3n) is 1.15. The van der Waals surface area contributed by atoms with Crippen molar-refractivity contribution in [3.05, 3.63) is 30.3 Å². The molecular weight excluding hydrogens is 168 g/mol. The highest BCUT2D eigenvalue weighted by Gasteiger charge is 1.98. The summed E-state index contributed by atoms with van der Waals surface area (Å²) in [6.45, 7) is 4.31. The second-order valence-electron chi connectivity index (χ2n) is 2.48. The van der Waals surface area contributed by atoms with Crippen LogP contribution < -0.4 is 5.19 Å². The van der Waals surface area contributed by atoms with Crippen LogP contribution in [0.25, 0.3) is 0 Å². The molecule has 0 amide bonds. The third-order valence-corrected chi connectivity index (χ3v) is 3.76. The van der Waals surface area contributed by atoms with Gasteiger partial charge in [0.2, 0.25) is 0 Å². The zero-order chi connectivity index (χ0) is 8.10. The fourth-order valence-corrected chi connectivity index (χ4v) is 2.28. The summed E-state index contributed by atoms with van der Waals surface area (Å²) in [5.74, 6) is 0. The fraction of sp³-hybridized carbons (Fsp3) is 0.250. The van der Waals surface area contributed by atoms with Crippen molar-refractivity contribution in [1.82, 2.24) is 0 Å². The Hall–Kier alpha value is -0.386. The molecule has 1 aromatic rings. The summed E-state index contributed by atoms with van der Waals surface area (Å²) in [5.41, 5.74) is 0. The van der Waals surface area contributed by atoms with Crippen molar-refractivity contribution in [2.45, 2.75) is 13.1 Å². The molecule has 0 unspecified atom stereocenters. The van der Waals surface area contributed by atoms with Crippen molar-refractivity contribution in [3.63, 3.8) is 0 Å². The van der Waals surface area contributed by atoms with E-state index in [1.54, 1.807) is 0 Å². The highest BCUT2D eigenvalue weighted by atomic mass is 28.3. The van der Waals surface area contributed by atoms with E-state index >= 15 is 0 Å². The molecule has 0 saturated carbocycles. The molecule has 0 spiro atoms. The molecular formula is C8H11OSi2. The van der Waals surface area contributed by atoms with Crippen LogP contribution >= 0.6 is 0 Å². The number of hydrogen-bond donors (Lipinski definition) is 0. The van der Waals surface area contributed by atoms with Crippen LogP contribution in [0.1, 0.15) is 0 Å². The van der Waals surface area contributed by atoms with Gasteiger partial charge in [-0.25, -0.2) is 0 Å². The van der Waals surface area contributed by atoms with E-state index in [0.29, 0.717) is 9.76 Å². The van der Waals surface area contributed by atoms with Gasteiger partial charge in [0.15, 0.2) is 9.04 Å². The Morgan fingerprint density at radius 3 is 2.36 bits per heavy atom. The Kier molecular flexibility index (Phi) is 3.55. The van der Waals surface area contributed by atoms with Crippen LogP contribution in [-0.4, -0.2) is 18.8 Å². The molecule has 0 atom stereocenters. The largest absolute Gasteiger partial charge is 0.453 e. The van der Waals surface area contributed by atoms with Gasteiger partial charge in [-0.3, -0.25) is 0 Å². The first-order valence-electron chi connectivity index (χ1n) is 3.57. The summed E-state index contributed by atoms with van der Waals surface area (Å²) in [7, 11) is 0.0102. The average Bonchev–Trinajstić information content (AvgIpc) is 2.03. The van der Waals surface area contributed by atoms with Crippen molar-refractivity contribution in [3.8, 4) is 0 Å². The van der Waals surface area contributed by atoms with E-state index in [0.717, 1.165) is 0 Å². The molecule has 0 aliphatic rings. The number of benzene rings is 1. The lowest BCUT2D eigenvalue weighted by Gasteiger charge is -2.02. The van der Waals surface area contributed by atoms with E-state index in [1.165, 1.54) is 5.19 Å². The highest BCUT2D eigenvalue weighted by Crippen LogP contribution is 1.84. The minimum absolute atomic E-state index is 0.520. The van der Waals surface area contributed by atoms with E-state index in [4.69, 9.17) is 4.12 Å². The van der Waals surface area contributed by atoms with Crippen LogP contribution in [0.2, 0.25) is 13.1 Å². The average molecular weight is 179 g/mol. The van der Waals surface area contributed by atoms with Gasteiger partial charge in [-0.15, -0.1) is 0 Å². The predicted molar refractivity (Wildman–Crippen MR) is 50.4 cm³/mol. The van der Waals surface area contributed by atoms with Crippen molar-refractivity contribution in [2.75, 3.05) is 0 Å². The van der Waals surface area contributed by atoms with E-state index < -0.39 is 9.04 Å². The van der Waals surface area contributed by atoms with Gasteiger partial charge in [-0.2, -0.15) is 0 Å². The second-order valence-corrected chi connectivity index (χ2v) is 5.89. The van der Waals surface area contributed by atoms with Crippen LogP contribution in [-0.2, 0) is 4.12 Å². The smallest absolute Gasteiger partial charge is 0.256 e. The molecule has 11 heavy (non-hydrogen) atoms. The molecule has 1 nitrogen and oxygen atoms in total.